The highest BCUT2D eigenvalue weighted by Crippen LogP contribution is 2.26. The molecule has 0 bridgehead atoms. The number of aromatic nitrogens is 1. The van der Waals surface area contributed by atoms with E-state index in [0.717, 1.165) is 33.1 Å². The van der Waals surface area contributed by atoms with Gasteiger partial charge in [-0.15, -0.1) is 11.8 Å². The summed E-state index contributed by atoms with van der Waals surface area (Å²) in [6.07, 6.45) is 0. The third-order valence-electron chi connectivity index (χ3n) is 3.18. The summed E-state index contributed by atoms with van der Waals surface area (Å²) < 4.78 is 5.98. The number of benzene rings is 1. The van der Waals surface area contributed by atoms with Crippen LogP contribution in [0, 0.1) is 6.92 Å². The van der Waals surface area contributed by atoms with E-state index < -0.39 is 0 Å². The lowest BCUT2D eigenvalue weighted by Gasteiger charge is -2.12. The van der Waals surface area contributed by atoms with Crippen molar-refractivity contribution >= 4 is 27.7 Å². The van der Waals surface area contributed by atoms with Crippen molar-refractivity contribution in [3.05, 3.63) is 36.0 Å². The molecule has 0 amide bonds. The molecule has 0 saturated heterocycles. The number of nitrogens with two attached hydrogens (primary N) is 1. The number of nitrogens with zero attached hydrogens (tertiary/aromatic N) is 2. The van der Waals surface area contributed by atoms with Crippen LogP contribution in [0.2, 0.25) is 0 Å². The third kappa shape index (κ3) is 2.78. The highest BCUT2D eigenvalue weighted by atomic mass is 32.2. The van der Waals surface area contributed by atoms with Crippen molar-refractivity contribution in [2.45, 2.75) is 13.0 Å². The average Bonchev–Trinajstić information content (AvgIpc) is 2.92. The van der Waals surface area contributed by atoms with Gasteiger partial charge in [0.05, 0.1) is 16.6 Å². The maximum atomic E-state index is 5.98. The second-order valence-corrected chi connectivity index (χ2v) is 5.87. The second-order valence-electron chi connectivity index (χ2n) is 4.78. The van der Waals surface area contributed by atoms with Gasteiger partial charge < -0.3 is 10.5 Å². The molecule has 2 heterocycles. The number of fused-ring (bicyclic) bond motifs is 1. The summed E-state index contributed by atoms with van der Waals surface area (Å²) in [5.74, 6) is 1.84. The summed E-state index contributed by atoms with van der Waals surface area (Å²) in [6, 6.07) is 10.2. The van der Waals surface area contributed by atoms with Gasteiger partial charge in [-0.3, -0.25) is 9.98 Å². The van der Waals surface area contributed by atoms with Crippen LogP contribution in [0.1, 0.15) is 5.69 Å². The first kappa shape index (κ1) is 13.4. The summed E-state index contributed by atoms with van der Waals surface area (Å²) in [5.41, 5.74) is 7.53. The number of aliphatic imine (C=N–C) groups is 1. The molecule has 1 aromatic carbocycles. The van der Waals surface area contributed by atoms with Crippen molar-refractivity contribution in [1.82, 2.24) is 4.98 Å². The summed E-state index contributed by atoms with van der Waals surface area (Å²) in [7, 11) is 0. The van der Waals surface area contributed by atoms with Crippen LogP contribution in [0.15, 0.2) is 35.3 Å². The Morgan fingerprint density at radius 1 is 1.40 bits per heavy atom. The molecule has 5 heteroatoms. The van der Waals surface area contributed by atoms with E-state index in [1.165, 1.54) is 0 Å². The Morgan fingerprint density at radius 3 is 3.05 bits per heavy atom. The van der Waals surface area contributed by atoms with Gasteiger partial charge in [0.1, 0.15) is 12.4 Å². The highest BCUT2D eigenvalue weighted by Gasteiger charge is 2.18. The summed E-state index contributed by atoms with van der Waals surface area (Å²) in [4.78, 5) is 9.05. The molecular weight excluding hydrogens is 270 g/mol. The molecule has 1 aromatic heterocycles. The van der Waals surface area contributed by atoms with Gasteiger partial charge >= 0.3 is 0 Å². The second kappa shape index (κ2) is 5.81. The van der Waals surface area contributed by atoms with Crippen LogP contribution in [0.3, 0.4) is 0 Å². The Bertz CT molecular complexity index is 657. The lowest BCUT2D eigenvalue weighted by molar-refractivity contribution is 0.303. The van der Waals surface area contributed by atoms with Gasteiger partial charge in [-0.05, 0) is 19.1 Å². The molecule has 2 N–H and O–H groups in total. The summed E-state index contributed by atoms with van der Waals surface area (Å²) in [6.45, 7) is 3.10. The number of hydrogen-bond acceptors (Lipinski definition) is 5. The zero-order chi connectivity index (χ0) is 13.9. The van der Waals surface area contributed by atoms with Crippen molar-refractivity contribution in [3.63, 3.8) is 0 Å². The molecular formula is C15H17N3OS. The number of pyridine rings is 1. The Balaban J connectivity index is 1.79. The van der Waals surface area contributed by atoms with Crippen LogP contribution in [-0.2, 0) is 0 Å². The van der Waals surface area contributed by atoms with Gasteiger partial charge in [0, 0.05) is 29.4 Å². The van der Waals surface area contributed by atoms with Crippen molar-refractivity contribution in [2.75, 3.05) is 18.9 Å². The zero-order valence-corrected chi connectivity index (χ0v) is 12.2. The SMILES string of the molecule is Cc1cc(OCC2CSC(CN)=N2)c2ccccc2n1. The number of aryl methyl sites for hydroxylation is 1. The van der Waals surface area contributed by atoms with Gasteiger partial charge in [0.2, 0.25) is 0 Å². The minimum atomic E-state index is 0.200. The van der Waals surface area contributed by atoms with Crippen LogP contribution in [0.25, 0.3) is 10.9 Å². The molecule has 3 rings (SSSR count). The Labute approximate surface area is 122 Å². The molecule has 1 atom stereocenters. The van der Waals surface area contributed by atoms with Crippen LogP contribution in [0.4, 0.5) is 0 Å². The molecule has 2 aromatic rings. The molecule has 0 aliphatic carbocycles. The topological polar surface area (TPSA) is 60.5 Å². The van der Waals surface area contributed by atoms with Gasteiger partial charge in [0.15, 0.2) is 0 Å². The summed E-state index contributed by atoms with van der Waals surface area (Å²) >= 11 is 1.73. The summed E-state index contributed by atoms with van der Waals surface area (Å²) in [5, 5.41) is 2.07. The predicted octanol–water partition coefficient (Wildman–Crippen LogP) is 2.39. The van der Waals surface area contributed by atoms with Crippen LogP contribution in [0.5, 0.6) is 5.75 Å². The smallest absolute Gasteiger partial charge is 0.130 e. The first-order valence-electron chi connectivity index (χ1n) is 6.65. The maximum absolute atomic E-state index is 5.98. The highest BCUT2D eigenvalue weighted by molar-refractivity contribution is 8.14. The van der Waals surface area contributed by atoms with E-state index in [1.54, 1.807) is 11.8 Å². The van der Waals surface area contributed by atoms with E-state index in [9.17, 15) is 0 Å². The molecule has 0 radical (unpaired) electrons. The maximum Gasteiger partial charge on any atom is 0.130 e. The number of thioether (sulfide) groups is 1. The molecule has 0 saturated carbocycles. The molecule has 0 fully saturated rings. The van der Waals surface area contributed by atoms with E-state index in [1.807, 2.05) is 37.3 Å². The largest absolute Gasteiger partial charge is 0.491 e. The average molecular weight is 287 g/mol. The lowest BCUT2D eigenvalue weighted by atomic mass is 10.2. The van der Waals surface area contributed by atoms with Crippen LogP contribution < -0.4 is 10.5 Å². The van der Waals surface area contributed by atoms with E-state index in [-0.39, 0.29) is 6.04 Å². The fourth-order valence-electron chi connectivity index (χ4n) is 2.24. The zero-order valence-electron chi connectivity index (χ0n) is 11.4. The quantitative estimate of drug-likeness (QED) is 0.938. The van der Waals surface area contributed by atoms with Gasteiger partial charge in [-0.25, -0.2) is 0 Å². The molecule has 0 spiro atoms. The minimum absolute atomic E-state index is 0.200. The van der Waals surface area contributed by atoms with E-state index in [2.05, 4.69) is 9.98 Å². The fourth-order valence-corrected chi connectivity index (χ4v) is 3.14. The standard InChI is InChI=1S/C15H17N3OS/c1-10-6-14(12-4-2-3-5-13(12)17-10)19-8-11-9-20-15(7-16)18-11/h2-6,11H,7-9,16H2,1H3. The monoisotopic (exact) mass is 287 g/mol. The van der Waals surface area contributed by atoms with Crippen LogP contribution >= 0.6 is 11.8 Å². The van der Waals surface area contributed by atoms with Crippen molar-refractivity contribution < 1.29 is 4.74 Å². The van der Waals surface area contributed by atoms with Crippen LogP contribution in [-0.4, -0.2) is 35.0 Å². The molecule has 4 nitrogen and oxygen atoms in total. The molecule has 104 valence electrons. The van der Waals surface area contributed by atoms with E-state index >= 15 is 0 Å². The van der Waals surface area contributed by atoms with Crippen molar-refractivity contribution in [2.24, 2.45) is 10.7 Å². The Kier molecular flexibility index (Phi) is 3.89. The van der Waals surface area contributed by atoms with E-state index in [0.29, 0.717) is 13.2 Å². The van der Waals surface area contributed by atoms with Gasteiger partial charge in [0.25, 0.3) is 0 Å². The van der Waals surface area contributed by atoms with Gasteiger partial charge in [-0.1, -0.05) is 12.1 Å². The number of para-hydroxylation sites is 1. The molecule has 1 aliphatic rings. The molecule has 1 unspecified atom stereocenters. The van der Waals surface area contributed by atoms with Gasteiger partial charge in [-0.2, -0.15) is 0 Å². The van der Waals surface area contributed by atoms with Crippen molar-refractivity contribution in [3.8, 4) is 5.75 Å². The molecule has 1 aliphatic heterocycles. The number of hydrogen-bond donors (Lipinski definition) is 1. The predicted molar refractivity (Wildman–Crippen MR) is 84.7 cm³/mol. The Morgan fingerprint density at radius 2 is 2.25 bits per heavy atom. The number of ether oxygens (including phenoxy) is 1. The lowest BCUT2D eigenvalue weighted by Crippen LogP contribution is -2.16. The number of rotatable bonds is 4. The first-order valence-corrected chi connectivity index (χ1v) is 7.63. The van der Waals surface area contributed by atoms with Crippen molar-refractivity contribution in [1.29, 1.82) is 0 Å². The molecule has 20 heavy (non-hydrogen) atoms. The third-order valence-corrected chi connectivity index (χ3v) is 4.34. The first-order chi connectivity index (χ1) is 9.76. The normalized spacial score (nSPS) is 18.3. The Hall–Kier alpha value is -1.59. The van der Waals surface area contributed by atoms with E-state index in [4.69, 9.17) is 10.5 Å². The fraction of sp³-hybridized carbons (Fsp3) is 0.333. The minimum Gasteiger partial charge on any atom is -0.491 e.